The molecule has 2 bridgehead atoms. The molecule has 4 nitrogen and oxygen atoms in total. The molecule has 0 aromatic heterocycles. The number of aliphatic hydroxyl groups excluding tert-OH is 1. The van der Waals surface area contributed by atoms with Gasteiger partial charge < -0.3 is 15.7 Å². The highest BCUT2D eigenvalue weighted by molar-refractivity contribution is 5.80. The Morgan fingerprint density at radius 3 is 2.93 bits per heavy atom. The van der Waals surface area contributed by atoms with Gasteiger partial charge >= 0.3 is 0 Å². The maximum atomic E-state index is 11.8. The van der Waals surface area contributed by atoms with Crippen molar-refractivity contribution in [2.75, 3.05) is 6.54 Å². The zero-order valence-electron chi connectivity index (χ0n) is 9.20. The van der Waals surface area contributed by atoms with E-state index in [9.17, 15) is 4.79 Å². The smallest absolute Gasteiger partial charge is 0.224 e. The van der Waals surface area contributed by atoms with Crippen LogP contribution >= 0.6 is 0 Å². The first-order valence-electron chi connectivity index (χ1n) is 5.88. The van der Waals surface area contributed by atoms with Crippen molar-refractivity contribution in [3.8, 4) is 0 Å². The summed E-state index contributed by atoms with van der Waals surface area (Å²) < 4.78 is 0. The minimum Gasteiger partial charge on any atom is -0.393 e. The lowest BCUT2D eigenvalue weighted by atomic mass is 9.88. The second kappa shape index (κ2) is 4.49. The third kappa shape index (κ3) is 2.49. The van der Waals surface area contributed by atoms with Crippen molar-refractivity contribution < 1.29 is 9.90 Å². The minimum absolute atomic E-state index is 0.162. The second-order valence-corrected chi connectivity index (χ2v) is 4.82. The molecule has 4 heteroatoms. The van der Waals surface area contributed by atoms with E-state index in [2.05, 4.69) is 10.6 Å². The molecule has 0 aliphatic carbocycles. The molecule has 0 radical (unpaired) electrons. The molecule has 2 saturated heterocycles. The Hall–Kier alpha value is -0.610. The van der Waals surface area contributed by atoms with Gasteiger partial charge in [0, 0.05) is 18.6 Å². The first kappa shape index (κ1) is 10.9. The van der Waals surface area contributed by atoms with Crippen molar-refractivity contribution in [1.82, 2.24) is 10.6 Å². The number of rotatable bonds is 4. The molecule has 4 atom stereocenters. The van der Waals surface area contributed by atoms with Crippen molar-refractivity contribution in [3.05, 3.63) is 0 Å². The van der Waals surface area contributed by atoms with Gasteiger partial charge in [-0.15, -0.1) is 0 Å². The van der Waals surface area contributed by atoms with E-state index in [0.717, 1.165) is 12.8 Å². The summed E-state index contributed by atoms with van der Waals surface area (Å²) in [6.07, 6.45) is 3.66. The number of fused-ring (bicyclic) bond motifs is 2. The molecule has 1 amide bonds. The van der Waals surface area contributed by atoms with Crippen LogP contribution in [-0.4, -0.2) is 35.7 Å². The topological polar surface area (TPSA) is 61.4 Å². The van der Waals surface area contributed by atoms with Gasteiger partial charge in [0.15, 0.2) is 0 Å². The summed E-state index contributed by atoms with van der Waals surface area (Å²) in [6, 6.07) is 0.976. The summed E-state index contributed by atoms with van der Waals surface area (Å²) in [5.41, 5.74) is 0. The molecule has 0 aromatic rings. The van der Waals surface area contributed by atoms with Gasteiger partial charge in [-0.3, -0.25) is 4.79 Å². The molecule has 0 saturated carbocycles. The summed E-state index contributed by atoms with van der Waals surface area (Å²) in [5, 5.41) is 15.4. The van der Waals surface area contributed by atoms with Crippen LogP contribution in [0.1, 0.15) is 32.6 Å². The number of hydrogen-bond acceptors (Lipinski definition) is 3. The summed E-state index contributed by atoms with van der Waals surface area (Å²) in [6.45, 7) is 2.33. The van der Waals surface area contributed by atoms with Gasteiger partial charge in [0.1, 0.15) is 0 Å². The maximum Gasteiger partial charge on any atom is 0.224 e. The molecular formula is C11H20N2O2. The average Bonchev–Trinajstić information content (AvgIpc) is 2.77. The monoisotopic (exact) mass is 212 g/mol. The van der Waals surface area contributed by atoms with E-state index in [1.807, 2.05) is 0 Å². The zero-order valence-corrected chi connectivity index (χ0v) is 9.20. The third-order valence-electron chi connectivity index (χ3n) is 3.50. The zero-order chi connectivity index (χ0) is 10.8. The molecule has 2 rings (SSSR count). The van der Waals surface area contributed by atoms with E-state index in [1.165, 1.54) is 6.42 Å². The second-order valence-electron chi connectivity index (χ2n) is 4.82. The molecule has 0 spiro atoms. The van der Waals surface area contributed by atoms with E-state index in [0.29, 0.717) is 25.0 Å². The van der Waals surface area contributed by atoms with Crippen LogP contribution in [0.3, 0.4) is 0 Å². The highest BCUT2D eigenvalue weighted by Crippen LogP contribution is 2.33. The van der Waals surface area contributed by atoms with Crippen LogP contribution < -0.4 is 10.6 Å². The summed E-state index contributed by atoms with van der Waals surface area (Å²) in [7, 11) is 0. The Morgan fingerprint density at radius 1 is 1.60 bits per heavy atom. The van der Waals surface area contributed by atoms with Crippen molar-refractivity contribution in [3.63, 3.8) is 0 Å². The van der Waals surface area contributed by atoms with Crippen LogP contribution in [0.2, 0.25) is 0 Å². The van der Waals surface area contributed by atoms with Crippen LogP contribution in [-0.2, 0) is 4.79 Å². The minimum atomic E-state index is -0.330. The summed E-state index contributed by atoms with van der Waals surface area (Å²) in [5.74, 6) is 0.327. The SMILES string of the molecule is CC(O)CCNC(=O)C1CC2CCC1N2. The number of nitrogens with one attached hydrogen (secondary N) is 2. The van der Waals surface area contributed by atoms with Gasteiger partial charge in [-0.25, -0.2) is 0 Å². The fraction of sp³-hybridized carbons (Fsp3) is 0.909. The van der Waals surface area contributed by atoms with Gasteiger partial charge in [0.05, 0.1) is 12.0 Å². The quantitative estimate of drug-likeness (QED) is 0.615. The highest BCUT2D eigenvalue weighted by Gasteiger charge is 2.42. The van der Waals surface area contributed by atoms with Crippen molar-refractivity contribution in [1.29, 1.82) is 0 Å². The van der Waals surface area contributed by atoms with Gasteiger partial charge in [-0.2, -0.15) is 0 Å². The lowest BCUT2D eigenvalue weighted by molar-refractivity contribution is -0.125. The van der Waals surface area contributed by atoms with Crippen LogP contribution in [0.25, 0.3) is 0 Å². The Balaban J connectivity index is 1.72. The van der Waals surface area contributed by atoms with E-state index < -0.39 is 0 Å². The largest absolute Gasteiger partial charge is 0.393 e. The predicted molar refractivity (Wildman–Crippen MR) is 57.4 cm³/mol. The Morgan fingerprint density at radius 2 is 2.40 bits per heavy atom. The predicted octanol–water partition coefficient (Wildman–Crippen LogP) is 0.0140. The number of hydrogen-bond donors (Lipinski definition) is 3. The molecule has 2 aliphatic heterocycles. The molecule has 2 fully saturated rings. The highest BCUT2D eigenvalue weighted by atomic mass is 16.3. The number of amides is 1. The molecule has 15 heavy (non-hydrogen) atoms. The van der Waals surface area contributed by atoms with E-state index in [4.69, 9.17) is 5.11 Å². The van der Waals surface area contributed by atoms with Crippen molar-refractivity contribution in [2.24, 2.45) is 5.92 Å². The van der Waals surface area contributed by atoms with Gasteiger partial charge in [0.2, 0.25) is 5.91 Å². The van der Waals surface area contributed by atoms with Crippen LogP contribution in [0.5, 0.6) is 0 Å². The number of carbonyl (C=O) groups is 1. The Kier molecular flexibility index (Phi) is 3.26. The van der Waals surface area contributed by atoms with Crippen LogP contribution in [0.15, 0.2) is 0 Å². The first-order chi connectivity index (χ1) is 7.16. The fourth-order valence-corrected chi connectivity index (χ4v) is 2.65. The lowest BCUT2D eigenvalue weighted by Gasteiger charge is -2.19. The van der Waals surface area contributed by atoms with Crippen LogP contribution in [0.4, 0.5) is 0 Å². The molecule has 2 aliphatic rings. The van der Waals surface area contributed by atoms with Gasteiger partial charge in [-0.05, 0) is 32.6 Å². The molecule has 86 valence electrons. The number of aliphatic hydroxyl groups is 1. The van der Waals surface area contributed by atoms with E-state index in [-0.39, 0.29) is 17.9 Å². The molecule has 2 heterocycles. The summed E-state index contributed by atoms with van der Waals surface area (Å²) in [4.78, 5) is 11.8. The van der Waals surface area contributed by atoms with Gasteiger partial charge in [-0.1, -0.05) is 0 Å². The first-order valence-corrected chi connectivity index (χ1v) is 5.88. The van der Waals surface area contributed by atoms with Crippen molar-refractivity contribution >= 4 is 5.91 Å². The third-order valence-corrected chi connectivity index (χ3v) is 3.50. The lowest BCUT2D eigenvalue weighted by Crippen LogP contribution is -2.38. The molecular weight excluding hydrogens is 192 g/mol. The summed E-state index contributed by atoms with van der Waals surface area (Å²) >= 11 is 0. The van der Waals surface area contributed by atoms with E-state index >= 15 is 0 Å². The molecule has 4 unspecified atom stereocenters. The number of carbonyl (C=O) groups excluding carboxylic acids is 1. The van der Waals surface area contributed by atoms with Crippen molar-refractivity contribution in [2.45, 2.75) is 50.8 Å². The Bertz CT molecular complexity index is 243. The fourth-order valence-electron chi connectivity index (χ4n) is 2.65. The average molecular weight is 212 g/mol. The van der Waals surface area contributed by atoms with E-state index in [1.54, 1.807) is 6.92 Å². The normalized spacial score (nSPS) is 35.5. The van der Waals surface area contributed by atoms with Gasteiger partial charge in [0.25, 0.3) is 0 Å². The molecule has 0 aromatic carbocycles. The van der Waals surface area contributed by atoms with Crippen LogP contribution in [0, 0.1) is 5.92 Å². The Labute approximate surface area is 90.4 Å². The maximum absolute atomic E-state index is 11.8. The molecule has 3 N–H and O–H groups in total. The standard InChI is InChI=1S/C11H20N2O2/c1-7(14)4-5-12-11(15)9-6-8-2-3-10(9)13-8/h7-10,13-14H,2-6H2,1H3,(H,12,15).